The highest BCUT2D eigenvalue weighted by atomic mass is 19.2. The number of ether oxygens (including phenoxy) is 1. The molecule has 0 unspecified atom stereocenters. The number of benzene rings is 2. The minimum absolute atomic E-state index is 0.0594. The Morgan fingerprint density at radius 2 is 1.86 bits per heavy atom. The Hall–Kier alpha value is -2.40. The molecule has 0 spiro atoms. The van der Waals surface area contributed by atoms with E-state index < -0.39 is 11.6 Å². The predicted octanol–water partition coefficient (Wildman–Crippen LogP) is 3.75. The second kappa shape index (κ2) is 5.54. The molecule has 1 heterocycles. The molecule has 2 aromatic carbocycles. The second-order valence-electron chi connectivity index (χ2n) is 4.54. The number of furan rings is 1. The maximum Gasteiger partial charge on any atom is 0.200 e. The largest absolute Gasteiger partial charge is 0.486 e. The third-order valence-electron chi connectivity index (χ3n) is 3.26. The number of fused-ring (bicyclic) bond motifs is 1. The van der Waals surface area contributed by atoms with Gasteiger partial charge in [-0.15, -0.1) is 0 Å². The fourth-order valence-electron chi connectivity index (χ4n) is 2.22. The summed E-state index contributed by atoms with van der Waals surface area (Å²) in [6.07, 6.45) is 0. The minimum atomic E-state index is -1.00. The van der Waals surface area contributed by atoms with E-state index in [9.17, 15) is 8.78 Å². The zero-order valence-corrected chi connectivity index (χ0v) is 11.1. The van der Waals surface area contributed by atoms with Crippen LogP contribution in [0.5, 0.6) is 5.75 Å². The van der Waals surface area contributed by atoms with Crippen LogP contribution in [-0.2, 0) is 13.2 Å². The summed E-state index contributed by atoms with van der Waals surface area (Å²) in [5, 5.41) is 0.856. The predicted molar refractivity (Wildman–Crippen MR) is 74.8 cm³/mol. The van der Waals surface area contributed by atoms with Crippen LogP contribution >= 0.6 is 0 Å². The highest BCUT2D eigenvalue weighted by Crippen LogP contribution is 2.28. The van der Waals surface area contributed by atoms with E-state index in [1.807, 2.05) is 24.3 Å². The van der Waals surface area contributed by atoms with E-state index in [1.165, 1.54) is 12.1 Å². The van der Waals surface area contributed by atoms with Gasteiger partial charge in [-0.2, -0.15) is 4.39 Å². The monoisotopic (exact) mass is 289 g/mol. The van der Waals surface area contributed by atoms with Crippen LogP contribution in [0.3, 0.4) is 0 Å². The molecular formula is C16H13F2NO2. The van der Waals surface area contributed by atoms with Crippen molar-refractivity contribution >= 4 is 11.0 Å². The van der Waals surface area contributed by atoms with Crippen LogP contribution in [0.25, 0.3) is 11.0 Å². The van der Waals surface area contributed by atoms with Crippen molar-refractivity contribution in [3.8, 4) is 5.75 Å². The summed E-state index contributed by atoms with van der Waals surface area (Å²) in [6, 6.07) is 11.2. The zero-order chi connectivity index (χ0) is 14.8. The van der Waals surface area contributed by atoms with Gasteiger partial charge < -0.3 is 14.9 Å². The van der Waals surface area contributed by atoms with Crippen molar-refractivity contribution in [3.05, 3.63) is 65.4 Å². The fraction of sp³-hybridized carbons (Fsp3) is 0.125. The van der Waals surface area contributed by atoms with Gasteiger partial charge in [0, 0.05) is 10.9 Å². The Kier molecular flexibility index (Phi) is 3.58. The standard InChI is InChI=1S/C16H13F2NO2/c17-12-5-3-7-14(16(12)18)20-9-11-10-4-1-2-6-13(10)21-15(11)8-19/h1-7H,8-9,19H2. The number of nitrogens with two attached hydrogens (primary N) is 1. The van der Waals surface area contributed by atoms with Crippen LogP contribution in [0, 0.1) is 11.6 Å². The molecule has 0 bridgehead atoms. The second-order valence-corrected chi connectivity index (χ2v) is 4.54. The lowest BCUT2D eigenvalue weighted by Crippen LogP contribution is -2.03. The molecule has 0 amide bonds. The van der Waals surface area contributed by atoms with Gasteiger partial charge in [-0.25, -0.2) is 4.39 Å². The van der Waals surface area contributed by atoms with Gasteiger partial charge >= 0.3 is 0 Å². The summed E-state index contributed by atoms with van der Waals surface area (Å²) in [5.74, 6) is -1.50. The lowest BCUT2D eigenvalue weighted by Gasteiger charge is -2.07. The van der Waals surface area contributed by atoms with E-state index in [-0.39, 0.29) is 18.9 Å². The molecule has 0 radical (unpaired) electrons. The lowest BCUT2D eigenvalue weighted by atomic mass is 10.1. The van der Waals surface area contributed by atoms with Gasteiger partial charge in [0.1, 0.15) is 18.0 Å². The average molecular weight is 289 g/mol. The van der Waals surface area contributed by atoms with Gasteiger partial charge in [-0.3, -0.25) is 0 Å². The third-order valence-corrected chi connectivity index (χ3v) is 3.26. The molecule has 0 aliphatic rings. The summed E-state index contributed by atoms with van der Waals surface area (Å²) >= 11 is 0. The summed E-state index contributed by atoms with van der Waals surface area (Å²) in [7, 11) is 0. The van der Waals surface area contributed by atoms with Crippen LogP contribution in [0.4, 0.5) is 8.78 Å². The Morgan fingerprint density at radius 1 is 1.05 bits per heavy atom. The van der Waals surface area contributed by atoms with Crippen LogP contribution in [0.15, 0.2) is 46.9 Å². The topological polar surface area (TPSA) is 48.4 Å². The van der Waals surface area contributed by atoms with Gasteiger partial charge in [0.2, 0.25) is 5.82 Å². The summed E-state index contributed by atoms with van der Waals surface area (Å²) in [4.78, 5) is 0. The Labute approximate surface area is 119 Å². The Balaban J connectivity index is 1.93. The molecule has 0 saturated heterocycles. The average Bonchev–Trinajstić information content (AvgIpc) is 2.86. The molecule has 1 aromatic heterocycles. The van der Waals surface area contributed by atoms with Crippen molar-refractivity contribution < 1.29 is 17.9 Å². The number of hydrogen-bond donors (Lipinski definition) is 1. The molecule has 3 aromatic rings. The van der Waals surface area contributed by atoms with Crippen molar-refractivity contribution in [1.82, 2.24) is 0 Å². The first-order valence-corrected chi connectivity index (χ1v) is 6.47. The van der Waals surface area contributed by atoms with Gasteiger partial charge in [-0.05, 0) is 18.2 Å². The van der Waals surface area contributed by atoms with E-state index in [1.54, 1.807) is 0 Å². The highest BCUT2D eigenvalue weighted by Gasteiger charge is 2.15. The number of rotatable bonds is 4. The molecule has 0 fully saturated rings. The van der Waals surface area contributed by atoms with E-state index >= 15 is 0 Å². The Bertz CT molecular complexity index is 783. The van der Waals surface area contributed by atoms with Crippen LogP contribution in [-0.4, -0.2) is 0 Å². The molecule has 0 saturated carbocycles. The molecule has 108 valence electrons. The number of para-hydroxylation sites is 1. The number of hydrogen-bond acceptors (Lipinski definition) is 3. The normalized spacial score (nSPS) is 11.0. The smallest absolute Gasteiger partial charge is 0.200 e. The molecule has 3 nitrogen and oxygen atoms in total. The van der Waals surface area contributed by atoms with Crippen molar-refractivity contribution in [2.75, 3.05) is 0 Å². The molecular weight excluding hydrogens is 276 g/mol. The van der Waals surface area contributed by atoms with Crippen LogP contribution < -0.4 is 10.5 Å². The highest BCUT2D eigenvalue weighted by molar-refractivity contribution is 5.82. The molecule has 0 aliphatic heterocycles. The van der Waals surface area contributed by atoms with Gasteiger partial charge in [0.25, 0.3) is 0 Å². The van der Waals surface area contributed by atoms with Crippen LogP contribution in [0.2, 0.25) is 0 Å². The number of halogens is 2. The third kappa shape index (κ3) is 2.48. The Morgan fingerprint density at radius 3 is 2.67 bits per heavy atom. The van der Waals surface area contributed by atoms with E-state index in [4.69, 9.17) is 14.9 Å². The minimum Gasteiger partial charge on any atom is -0.486 e. The molecule has 0 atom stereocenters. The van der Waals surface area contributed by atoms with Gasteiger partial charge in [0.05, 0.1) is 6.54 Å². The molecule has 3 rings (SSSR count). The zero-order valence-electron chi connectivity index (χ0n) is 11.1. The first-order chi connectivity index (χ1) is 10.2. The summed E-state index contributed by atoms with van der Waals surface area (Å²) in [6.45, 7) is 0.267. The van der Waals surface area contributed by atoms with Crippen molar-refractivity contribution in [2.24, 2.45) is 5.73 Å². The summed E-state index contributed by atoms with van der Waals surface area (Å²) in [5.41, 5.74) is 7.09. The summed E-state index contributed by atoms with van der Waals surface area (Å²) < 4.78 is 37.7. The first kappa shape index (κ1) is 13.6. The fourth-order valence-corrected chi connectivity index (χ4v) is 2.22. The molecule has 5 heteroatoms. The molecule has 21 heavy (non-hydrogen) atoms. The van der Waals surface area contributed by atoms with Gasteiger partial charge in [-0.1, -0.05) is 24.3 Å². The molecule has 0 aliphatic carbocycles. The van der Waals surface area contributed by atoms with E-state index in [2.05, 4.69) is 0 Å². The van der Waals surface area contributed by atoms with Crippen LogP contribution in [0.1, 0.15) is 11.3 Å². The molecule has 2 N–H and O–H groups in total. The quantitative estimate of drug-likeness (QED) is 0.795. The van der Waals surface area contributed by atoms with E-state index in [0.717, 1.165) is 17.0 Å². The maximum atomic E-state index is 13.6. The van der Waals surface area contributed by atoms with Crippen molar-refractivity contribution in [2.45, 2.75) is 13.2 Å². The van der Waals surface area contributed by atoms with Crippen molar-refractivity contribution in [3.63, 3.8) is 0 Å². The lowest BCUT2D eigenvalue weighted by molar-refractivity contribution is 0.282. The SMILES string of the molecule is NCc1oc2ccccc2c1COc1cccc(F)c1F. The van der Waals surface area contributed by atoms with E-state index in [0.29, 0.717) is 11.3 Å². The van der Waals surface area contributed by atoms with Gasteiger partial charge in [0.15, 0.2) is 11.6 Å². The first-order valence-electron chi connectivity index (χ1n) is 6.47. The maximum absolute atomic E-state index is 13.6. The van der Waals surface area contributed by atoms with Crippen molar-refractivity contribution in [1.29, 1.82) is 0 Å².